The Morgan fingerprint density at radius 2 is 1.90 bits per heavy atom. The first kappa shape index (κ1) is 21.0. The van der Waals surface area contributed by atoms with Crippen LogP contribution in [0.15, 0.2) is 40.7 Å². The van der Waals surface area contributed by atoms with Gasteiger partial charge in [0.2, 0.25) is 0 Å². The molecule has 0 unspecified atom stereocenters. The number of cyclic esters (lactones) is 1. The Labute approximate surface area is 177 Å². The Morgan fingerprint density at radius 1 is 1.20 bits per heavy atom. The Kier molecular flexibility index (Phi) is 5.05. The summed E-state index contributed by atoms with van der Waals surface area (Å²) in [5, 5.41) is 9.84. The van der Waals surface area contributed by atoms with Crippen LogP contribution in [0.5, 0.6) is 0 Å². The minimum absolute atomic E-state index is 0.0753. The van der Waals surface area contributed by atoms with E-state index in [1.54, 1.807) is 19.1 Å². The van der Waals surface area contributed by atoms with E-state index in [9.17, 15) is 23.9 Å². The van der Waals surface area contributed by atoms with Crippen molar-refractivity contribution in [2.75, 3.05) is 13.2 Å². The number of Topliss-reactive ketones (excluding diaryl/α,β-unsaturated/α-hetero) is 1. The maximum absolute atomic E-state index is 14.6. The monoisotopic (exact) mass is 523 g/mol. The molecule has 2 atom stereocenters. The number of amides is 1. The van der Waals surface area contributed by atoms with E-state index >= 15 is 0 Å². The Balaban J connectivity index is 2.01. The molecule has 9 heteroatoms. The van der Waals surface area contributed by atoms with Crippen LogP contribution >= 0.6 is 0 Å². The molecular formula is C21H22FNO6Sn. The van der Waals surface area contributed by atoms with Gasteiger partial charge in [0.25, 0.3) is 0 Å². The predicted octanol–water partition coefficient (Wildman–Crippen LogP) is 2.50. The molecule has 0 aromatic heterocycles. The minimum atomic E-state index is -2.86. The van der Waals surface area contributed by atoms with Gasteiger partial charge in [0.1, 0.15) is 0 Å². The van der Waals surface area contributed by atoms with Gasteiger partial charge in [-0.15, -0.1) is 0 Å². The second-order valence-corrected chi connectivity index (χ2v) is 23.0. The first-order chi connectivity index (χ1) is 14.0. The molecule has 0 bridgehead atoms. The number of carbonyl (C=O) groups excluding carboxylic acids is 2. The summed E-state index contributed by atoms with van der Waals surface area (Å²) in [6.45, 7) is 1.31. The molecule has 0 saturated carbocycles. The summed E-state index contributed by atoms with van der Waals surface area (Å²) < 4.78 is 25.9. The molecule has 0 fully saturated rings. The molecule has 1 amide bonds. The first-order valence-corrected chi connectivity index (χ1v) is 19.6. The van der Waals surface area contributed by atoms with Crippen molar-refractivity contribution < 1.29 is 33.4 Å². The van der Waals surface area contributed by atoms with E-state index in [1.165, 1.54) is 6.07 Å². The Hall–Kier alpha value is -2.20. The van der Waals surface area contributed by atoms with Gasteiger partial charge in [0, 0.05) is 0 Å². The molecule has 1 aromatic rings. The third kappa shape index (κ3) is 3.17. The number of hydrogen-bond donors (Lipinski definition) is 1. The third-order valence-corrected chi connectivity index (χ3v) is 11.4. The number of carbonyl (C=O) groups is 3. The van der Waals surface area contributed by atoms with Crippen molar-refractivity contribution in [3.63, 3.8) is 0 Å². The van der Waals surface area contributed by atoms with Gasteiger partial charge in [-0.1, -0.05) is 0 Å². The number of benzene rings is 1. The van der Waals surface area contributed by atoms with Crippen molar-refractivity contribution in [1.29, 1.82) is 0 Å². The Bertz CT molecular complexity index is 1050. The number of hydrogen-bond acceptors (Lipinski definition) is 5. The summed E-state index contributed by atoms with van der Waals surface area (Å²) in [6, 6.07) is 4.66. The van der Waals surface area contributed by atoms with Crippen molar-refractivity contribution in [3.8, 4) is 0 Å². The van der Waals surface area contributed by atoms with Gasteiger partial charge in [-0.2, -0.15) is 0 Å². The first-order valence-electron chi connectivity index (χ1n) is 9.64. The van der Waals surface area contributed by atoms with E-state index in [1.807, 2.05) is 0 Å². The SMILES string of the molecule is C[C@@H]1OC(=O)C2=C1N(C(=O)O)C1=C(C(=O)COC1)[C@H]2c1ccc(F)[c]([Sn]([CH3])([CH3])[CH3])c1. The van der Waals surface area contributed by atoms with Gasteiger partial charge in [-0.3, -0.25) is 0 Å². The number of esters is 1. The number of ether oxygens (including phenoxy) is 2. The van der Waals surface area contributed by atoms with Crippen LogP contribution in [-0.4, -0.2) is 65.5 Å². The van der Waals surface area contributed by atoms with Crippen molar-refractivity contribution in [1.82, 2.24) is 4.90 Å². The molecule has 1 N–H and O–H groups in total. The normalized spacial score (nSPS) is 24.1. The van der Waals surface area contributed by atoms with Gasteiger partial charge in [-0.05, 0) is 0 Å². The zero-order chi connectivity index (χ0) is 22.0. The molecule has 0 radical (unpaired) electrons. The molecule has 3 aliphatic rings. The second kappa shape index (κ2) is 7.19. The van der Waals surface area contributed by atoms with E-state index < -0.39 is 48.2 Å². The average Bonchev–Trinajstić information content (AvgIpc) is 2.94. The summed E-state index contributed by atoms with van der Waals surface area (Å²) in [7, 11) is 0. The molecule has 3 heterocycles. The molecular weight excluding hydrogens is 500 g/mol. The van der Waals surface area contributed by atoms with Gasteiger partial charge >= 0.3 is 177 Å². The van der Waals surface area contributed by atoms with Crippen LogP contribution in [0.2, 0.25) is 14.8 Å². The van der Waals surface area contributed by atoms with Gasteiger partial charge in [-0.25, -0.2) is 0 Å². The molecule has 3 aliphatic heterocycles. The molecule has 158 valence electrons. The van der Waals surface area contributed by atoms with E-state index in [0.717, 1.165) is 4.90 Å². The molecule has 0 saturated heterocycles. The number of halogens is 1. The fourth-order valence-corrected chi connectivity index (χ4v) is 8.37. The molecule has 0 spiro atoms. The molecule has 30 heavy (non-hydrogen) atoms. The number of nitrogens with zero attached hydrogens (tertiary/aromatic N) is 1. The summed E-state index contributed by atoms with van der Waals surface area (Å²) >= 11 is -2.86. The zero-order valence-corrected chi connectivity index (χ0v) is 20.0. The molecule has 1 aromatic carbocycles. The maximum atomic E-state index is 14.6. The van der Waals surface area contributed by atoms with Crippen LogP contribution in [0.1, 0.15) is 18.4 Å². The number of carboxylic acid groups (broad SMARTS) is 1. The standard InChI is InChI=1S/C18H13FNO6.3CH3.Sn/c1-8-16-15(17(22)26-8)13(9-2-4-10(19)5-3-9)14-11(20(16)18(23)24)6-25-7-12(14)21;;;;/h2-4,8,13H,6-7H2,1H3,(H,23,24);3*1H3;/t8-,13+;;;;/m0..../s1. The topological polar surface area (TPSA) is 93.1 Å². The van der Waals surface area contributed by atoms with Crippen LogP contribution in [0.3, 0.4) is 0 Å². The van der Waals surface area contributed by atoms with Crippen LogP contribution in [0.4, 0.5) is 9.18 Å². The van der Waals surface area contributed by atoms with Gasteiger partial charge in [0.05, 0.1) is 0 Å². The van der Waals surface area contributed by atoms with Crippen molar-refractivity contribution in [2.24, 2.45) is 0 Å². The fraction of sp³-hybridized carbons (Fsp3) is 0.381. The van der Waals surface area contributed by atoms with Crippen LogP contribution in [0.25, 0.3) is 0 Å². The Morgan fingerprint density at radius 3 is 2.53 bits per heavy atom. The van der Waals surface area contributed by atoms with Gasteiger partial charge < -0.3 is 0 Å². The van der Waals surface area contributed by atoms with Crippen LogP contribution in [-0.2, 0) is 19.1 Å². The quantitative estimate of drug-likeness (QED) is 0.475. The second-order valence-electron chi connectivity index (χ2n) is 8.66. The number of ketones is 1. The summed E-state index contributed by atoms with van der Waals surface area (Å²) in [4.78, 5) is 44.9. The predicted molar refractivity (Wildman–Crippen MR) is 107 cm³/mol. The number of rotatable bonds is 2. The third-order valence-electron chi connectivity index (χ3n) is 5.66. The summed E-state index contributed by atoms with van der Waals surface area (Å²) in [6.07, 6.45) is -2.11. The van der Waals surface area contributed by atoms with Gasteiger partial charge in [0.15, 0.2) is 0 Å². The molecule has 4 rings (SSSR count). The zero-order valence-electron chi connectivity index (χ0n) is 17.1. The van der Waals surface area contributed by atoms with E-state index in [0.29, 0.717) is 9.14 Å². The van der Waals surface area contributed by atoms with E-state index in [4.69, 9.17) is 9.47 Å². The molecule has 7 nitrogen and oxygen atoms in total. The van der Waals surface area contributed by atoms with Crippen LogP contribution < -0.4 is 3.58 Å². The van der Waals surface area contributed by atoms with Crippen LogP contribution in [0, 0.1) is 5.82 Å². The molecule has 0 aliphatic carbocycles. The average molecular weight is 522 g/mol. The van der Waals surface area contributed by atoms with Crippen molar-refractivity contribution >= 4 is 39.8 Å². The van der Waals surface area contributed by atoms with Crippen molar-refractivity contribution in [2.45, 2.75) is 33.8 Å². The fourth-order valence-electron chi connectivity index (χ4n) is 4.38. The van der Waals surface area contributed by atoms with E-state index in [2.05, 4.69) is 14.8 Å². The van der Waals surface area contributed by atoms with Crippen molar-refractivity contribution in [3.05, 3.63) is 52.1 Å². The summed E-state index contributed by atoms with van der Waals surface area (Å²) in [5.74, 6) is -2.16. The van der Waals surface area contributed by atoms with E-state index in [-0.39, 0.29) is 41.6 Å². The summed E-state index contributed by atoms with van der Waals surface area (Å²) in [5.41, 5.74) is 1.30.